The molecule has 150 valence electrons. The second-order valence-electron chi connectivity index (χ2n) is 8.94. The van der Waals surface area contributed by atoms with Crippen LogP contribution in [-0.4, -0.2) is 20.2 Å². The second-order valence-corrected chi connectivity index (χ2v) is 8.94. The number of nitrogens with zero attached hydrogens (tertiary/aromatic N) is 3. The summed E-state index contributed by atoms with van der Waals surface area (Å²) in [5.74, 6) is 1.52. The van der Waals surface area contributed by atoms with Gasteiger partial charge in [0.05, 0.1) is 23.6 Å². The Kier molecular flexibility index (Phi) is 4.19. The first-order valence-electron chi connectivity index (χ1n) is 11.1. The number of aromatic nitrogens is 3. The van der Waals surface area contributed by atoms with E-state index in [-0.39, 0.29) is 5.92 Å². The Bertz CT molecular complexity index is 1240. The number of benzene rings is 1. The molecule has 4 aromatic rings. The van der Waals surface area contributed by atoms with Crippen LogP contribution >= 0.6 is 0 Å². The van der Waals surface area contributed by atoms with Crippen LogP contribution in [-0.2, 0) is 0 Å². The fourth-order valence-electron chi connectivity index (χ4n) is 5.36. The summed E-state index contributed by atoms with van der Waals surface area (Å²) in [5.41, 5.74) is 5.62. The normalized spacial score (nSPS) is 21.9. The van der Waals surface area contributed by atoms with Gasteiger partial charge in [0, 0.05) is 29.3 Å². The Morgan fingerprint density at radius 1 is 0.900 bits per heavy atom. The fourth-order valence-corrected chi connectivity index (χ4v) is 5.36. The van der Waals surface area contributed by atoms with Crippen LogP contribution in [0.25, 0.3) is 16.4 Å². The molecule has 6 rings (SSSR count). The second kappa shape index (κ2) is 7.05. The number of pyridine rings is 2. The fraction of sp³-hybridized carbons (Fsp3) is 0.346. The zero-order valence-corrected chi connectivity index (χ0v) is 17.0. The number of carbonyl (C=O) groups is 1. The minimum atomic E-state index is 0.118. The minimum absolute atomic E-state index is 0.118. The summed E-state index contributed by atoms with van der Waals surface area (Å²) >= 11 is 0. The highest BCUT2D eigenvalue weighted by molar-refractivity contribution is 6.05. The van der Waals surface area contributed by atoms with Crippen LogP contribution in [0.15, 0.2) is 61.3 Å². The van der Waals surface area contributed by atoms with Gasteiger partial charge in [0.2, 0.25) is 0 Å². The summed E-state index contributed by atoms with van der Waals surface area (Å²) in [4.78, 5) is 22.5. The summed E-state index contributed by atoms with van der Waals surface area (Å²) in [6.45, 7) is 0. The smallest absolute Gasteiger partial charge is 0.168 e. The van der Waals surface area contributed by atoms with Crippen molar-refractivity contribution in [1.29, 1.82) is 0 Å². The monoisotopic (exact) mass is 395 g/mol. The average molecular weight is 396 g/mol. The van der Waals surface area contributed by atoms with Crippen LogP contribution in [0.1, 0.15) is 71.8 Å². The third-order valence-electron chi connectivity index (χ3n) is 7.11. The van der Waals surface area contributed by atoms with E-state index < -0.39 is 0 Å². The van der Waals surface area contributed by atoms with Crippen molar-refractivity contribution in [3.8, 4) is 0 Å². The highest BCUT2D eigenvalue weighted by Crippen LogP contribution is 2.45. The molecule has 0 atom stereocenters. The van der Waals surface area contributed by atoms with Crippen molar-refractivity contribution in [3.05, 3.63) is 78.0 Å². The van der Waals surface area contributed by atoms with Crippen LogP contribution in [0.4, 0.5) is 0 Å². The third kappa shape index (κ3) is 2.94. The van der Waals surface area contributed by atoms with Crippen LogP contribution in [0.2, 0.25) is 0 Å². The van der Waals surface area contributed by atoms with Crippen LogP contribution in [0.5, 0.6) is 0 Å². The molecular weight excluding hydrogens is 370 g/mol. The van der Waals surface area contributed by atoms with Gasteiger partial charge in [0.25, 0.3) is 0 Å². The van der Waals surface area contributed by atoms with E-state index in [9.17, 15) is 4.79 Å². The summed E-state index contributed by atoms with van der Waals surface area (Å²) in [6.07, 6.45) is 14.1. The van der Waals surface area contributed by atoms with E-state index in [0.29, 0.717) is 17.6 Å². The highest BCUT2D eigenvalue weighted by atomic mass is 16.1. The Morgan fingerprint density at radius 3 is 2.50 bits per heavy atom. The zero-order chi connectivity index (χ0) is 20.1. The van der Waals surface area contributed by atoms with E-state index in [1.165, 1.54) is 29.4 Å². The lowest BCUT2D eigenvalue weighted by Crippen LogP contribution is -2.23. The number of hydrogen-bond donors (Lipinski definition) is 0. The number of ketones is 1. The maximum Gasteiger partial charge on any atom is 0.168 e. The molecule has 30 heavy (non-hydrogen) atoms. The van der Waals surface area contributed by atoms with Gasteiger partial charge in [-0.3, -0.25) is 9.78 Å². The largest absolute Gasteiger partial charge is 0.306 e. The van der Waals surface area contributed by atoms with E-state index in [0.717, 1.165) is 42.3 Å². The Morgan fingerprint density at radius 2 is 1.67 bits per heavy atom. The van der Waals surface area contributed by atoms with Crippen molar-refractivity contribution in [2.75, 3.05) is 0 Å². The number of para-hydroxylation sites is 1. The average Bonchev–Trinajstić information content (AvgIpc) is 3.54. The lowest BCUT2D eigenvalue weighted by atomic mass is 9.75. The van der Waals surface area contributed by atoms with Crippen molar-refractivity contribution in [2.24, 2.45) is 5.92 Å². The predicted octanol–water partition coefficient (Wildman–Crippen LogP) is 5.92. The minimum Gasteiger partial charge on any atom is -0.306 e. The number of rotatable bonds is 4. The topological polar surface area (TPSA) is 47.3 Å². The highest BCUT2D eigenvalue weighted by Gasteiger charge is 2.34. The van der Waals surface area contributed by atoms with Crippen molar-refractivity contribution >= 4 is 22.2 Å². The summed E-state index contributed by atoms with van der Waals surface area (Å²) in [6, 6.07) is 12.7. The number of hydrogen-bond acceptors (Lipinski definition) is 3. The summed E-state index contributed by atoms with van der Waals surface area (Å²) in [7, 11) is 0. The molecule has 0 saturated heterocycles. The quantitative estimate of drug-likeness (QED) is 0.403. The van der Waals surface area contributed by atoms with Gasteiger partial charge in [0.15, 0.2) is 5.78 Å². The maximum absolute atomic E-state index is 13.7. The van der Waals surface area contributed by atoms with Gasteiger partial charge in [0.1, 0.15) is 0 Å². The standard InChI is InChI=1S/C26H25N3O/c30-26(25-21(18-5-6-18)12-14-29-16-27-15-24(25)29)19-9-7-17(8-10-19)20-11-13-28-23-4-2-1-3-22(20)23/h1-4,11-19H,5-10H2. The first kappa shape index (κ1) is 17.8. The van der Waals surface area contributed by atoms with Gasteiger partial charge in [-0.15, -0.1) is 0 Å². The number of imidazole rings is 1. The van der Waals surface area contributed by atoms with E-state index in [1.807, 2.05) is 22.9 Å². The Labute approximate surface area is 176 Å². The summed E-state index contributed by atoms with van der Waals surface area (Å²) < 4.78 is 1.99. The molecule has 4 heteroatoms. The van der Waals surface area contributed by atoms with Crippen molar-refractivity contribution in [1.82, 2.24) is 14.4 Å². The SMILES string of the molecule is O=C(c1c(C2CC2)ccn2cncc12)C1CCC(c2ccnc3ccccc23)CC1. The predicted molar refractivity (Wildman–Crippen MR) is 118 cm³/mol. The number of Topliss-reactive ketones (excluding diaryl/α,β-unsaturated/α-hetero) is 1. The van der Waals surface area contributed by atoms with E-state index in [1.54, 1.807) is 6.33 Å². The molecule has 0 unspecified atom stereocenters. The van der Waals surface area contributed by atoms with Crippen LogP contribution < -0.4 is 0 Å². The van der Waals surface area contributed by atoms with Gasteiger partial charge in [-0.25, -0.2) is 4.98 Å². The third-order valence-corrected chi connectivity index (χ3v) is 7.11. The van der Waals surface area contributed by atoms with Gasteiger partial charge < -0.3 is 4.40 Å². The Hall–Kier alpha value is -3.01. The molecule has 2 aliphatic rings. The molecule has 4 nitrogen and oxygen atoms in total. The van der Waals surface area contributed by atoms with E-state index in [4.69, 9.17) is 0 Å². The molecule has 0 radical (unpaired) electrons. The molecule has 0 bridgehead atoms. The van der Waals surface area contributed by atoms with Crippen LogP contribution in [0, 0.1) is 5.92 Å². The van der Waals surface area contributed by atoms with Gasteiger partial charge in [-0.05, 0) is 79.7 Å². The lowest BCUT2D eigenvalue weighted by Gasteiger charge is -2.29. The molecule has 0 N–H and O–H groups in total. The zero-order valence-electron chi connectivity index (χ0n) is 17.0. The van der Waals surface area contributed by atoms with Crippen molar-refractivity contribution in [3.63, 3.8) is 0 Å². The molecule has 0 spiro atoms. The van der Waals surface area contributed by atoms with Gasteiger partial charge >= 0.3 is 0 Å². The van der Waals surface area contributed by atoms with Crippen LogP contribution in [0.3, 0.4) is 0 Å². The van der Waals surface area contributed by atoms with Gasteiger partial charge in [-0.2, -0.15) is 0 Å². The molecule has 2 saturated carbocycles. The maximum atomic E-state index is 13.7. The van der Waals surface area contributed by atoms with Crippen molar-refractivity contribution < 1.29 is 4.79 Å². The Balaban J connectivity index is 1.27. The first-order chi connectivity index (χ1) is 14.8. The number of carbonyl (C=O) groups excluding carboxylic acids is 1. The lowest BCUT2D eigenvalue weighted by molar-refractivity contribution is 0.0884. The molecular formula is C26H25N3O. The molecule has 3 aromatic heterocycles. The molecule has 1 aromatic carbocycles. The van der Waals surface area contributed by atoms with Gasteiger partial charge in [-0.1, -0.05) is 18.2 Å². The first-order valence-corrected chi connectivity index (χ1v) is 11.1. The molecule has 3 heterocycles. The number of fused-ring (bicyclic) bond motifs is 2. The summed E-state index contributed by atoms with van der Waals surface area (Å²) in [5, 5.41) is 1.26. The molecule has 2 fully saturated rings. The van der Waals surface area contributed by atoms with Crippen molar-refractivity contribution in [2.45, 2.75) is 50.4 Å². The molecule has 0 amide bonds. The molecule has 0 aliphatic heterocycles. The van der Waals surface area contributed by atoms with E-state index in [2.05, 4.69) is 46.5 Å². The van der Waals surface area contributed by atoms with E-state index >= 15 is 0 Å². The molecule has 2 aliphatic carbocycles.